The first kappa shape index (κ1) is 10.4. The highest BCUT2D eigenvalue weighted by molar-refractivity contribution is 5.18. The fourth-order valence-electron chi connectivity index (χ4n) is 1.32. The quantitative estimate of drug-likeness (QED) is 0.417. The zero-order valence-corrected chi connectivity index (χ0v) is 8.14. The Kier molecular flexibility index (Phi) is 3.40. The molecule has 0 N–H and O–H groups in total. The molecule has 0 fully saturated rings. The maximum Gasteiger partial charge on any atom is 0.241 e. The Hall–Kier alpha value is -1.64. The Balaban J connectivity index is 2.89. The molecular weight excluding hydrogens is 178 g/mol. The molecule has 1 atom stereocenters. The lowest BCUT2D eigenvalue weighted by atomic mass is 10.0. The summed E-state index contributed by atoms with van der Waals surface area (Å²) in [5.41, 5.74) is 1.57. The summed E-state index contributed by atoms with van der Waals surface area (Å²) in [6, 6.07) is 8.36. The molecular formula is C11H13NO2. The smallest absolute Gasteiger partial charge is 0.241 e. The molecule has 14 heavy (non-hydrogen) atoms. The Morgan fingerprint density at radius 3 is 2.50 bits per heavy atom. The minimum atomic E-state index is -0.659. The third-order valence-electron chi connectivity index (χ3n) is 1.98. The molecule has 0 heterocycles. The Morgan fingerprint density at radius 1 is 1.50 bits per heavy atom. The molecule has 0 amide bonds. The van der Waals surface area contributed by atoms with Gasteiger partial charge in [-0.2, -0.15) is 0 Å². The van der Waals surface area contributed by atoms with Crippen molar-refractivity contribution in [1.29, 1.82) is 0 Å². The highest BCUT2D eigenvalue weighted by Gasteiger charge is 2.21. The van der Waals surface area contributed by atoms with Gasteiger partial charge in [-0.3, -0.25) is 10.1 Å². The first-order chi connectivity index (χ1) is 6.61. The van der Waals surface area contributed by atoms with Crippen molar-refractivity contribution < 1.29 is 4.92 Å². The average Bonchev–Trinajstić information content (AvgIpc) is 2.15. The number of benzene rings is 1. The molecule has 0 radical (unpaired) electrons. The van der Waals surface area contributed by atoms with E-state index in [9.17, 15) is 10.1 Å². The summed E-state index contributed by atoms with van der Waals surface area (Å²) in [5.74, 6) is 0. The molecule has 3 nitrogen and oxygen atoms in total. The minimum absolute atomic E-state index is 0.260. The average molecular weight is 191 g/mol. The van der Waals surface area contributed by atoms with Gasteiger partial charge in [0.25, 0.3) is 0 Å². The lowest BCUT2D eigenvalue weighted by molar-refractivity contribution is -0.528. The number of hydrogen-bond donors (Lipinski definition) is 0. The molecule has 3 heteroatoms. The van der Waals surface area contributed by atoms with E-state index in [-0.39, 0.29) is 4.92 Å². The first-order valence-electron chi connectivity index (χ1n) is 4.44. The lowest BCUT2D eigenvalue weighted by Gasteiger charge is -2.08. The van der Waals surface area contributed by atoms with Gasteiger partial charge in [0.05, 0.1) is 0 Å². The molecule has 0 spiro atoms. The van der Waals surface area contributed by atoms with Crippen LogP contribution in [-0.4, -0.2) is 4.92 Å². The summed E-state index contributed by atoms with van der Waals surface area (Å²) in [4.78, 5) is 10.5. The third-order valence-corrected chi connectivity index (χ3v) is 1.98. The standard InChI is InChI=1S/C11H13NO2/c1-9(2)8-11(12(13)14)10-6-4-3-5-7-10/h3-7,11H,1,8H2,2H3. The zero-order chi connectivity index (χ0) is 10.6. The van der Waals surface area contributed by atoms with E-state index in [1.54, 1.807) is 19.1 Å². The fraction of sp³-hybridized carbons (Fsp3) is 0.273. The normalized spacial score (nSPS) is 12.1. The van der Waals surface area contributed by atoms with Gasteiger partial charge >= 0.3 is 0 Å². The molecule has 0 aliphatic rings. The van der Waals surface area contributed by atoms with Crippen molar-refractivity contribution in [3.05, 3.63) is 58.2 Å². The summed E-state index contributed by atoms with van der Waals surface area (Å²) >= 11 is 0. The predicted octanol–water partition coefficient (Wildman–Crippen LogP) is 2.97. The second-order valence-electron chi connectivity index (χ2n) is 3.37. The topological polar surface area (TPSA) is 43.1 Å². The minimum Gasteiger partial charge on any atom is -0.264 e. The molecule has 0 bridgehead atoms. The second-order valence-corrected chi connectivity index (χ2v) is 3.37. The Labute approximate surface area is 83.2 Å². The van der Waals surface area contributed by atoms with E-state index in [0.29, 0.717) is 6.42 Å². The number of nitro groups is 1. The van der Waals surface area contributed by atoms with Crippen molar-refractivity contribution in [1.82, 2.24) is 0 Å². The summed E-state index contributed by atoms with van der Waals surface area (Å²) < 4.78 is 0. The van der Waals surface area contributed by atoms with Crippen molar-refractivity contribution >= 4 is 0 Å². The SMILES string of the molecule is C=C(C)CC(c1ccccc1)[N+](=O)[O-]. The first-order valence-corrected chi connectivity index (χ1v) is 4.44. The largest absolute Gasteiger partial charge is 0.264 e. The molecule has 0 aliphatic carbocycles. The Morgan fingerprint density at radius 2 is 2.07 bits per heavy atom. The van der Waals surface area contributed by atoms with Gasteiger partial charge in [-0.15, -0.1) is 0 Å². The van der Waals surface area contributed by atoms with Crippen LogP contribution < -0.4 is 0 Å². The summed E-state index contributed by atoms with van der Waals surface area (Å²) in [6.45, 7) is 5.50. The lowest BCUT2D eigenvalue weighted by Crippen LogP contribution is -2.10. The molecule has 1 rings (SSSR count). The maximum atomic E-state index is 10.8. The van der Waals surface area contributed by atoms with Crippen LogP contribution in [0.2, 0.25) is 0 Å². The Bertz CT molecular complexity index is 332. The van der Waals surface area contributed by atoms with Crippen LogP contribution in [0.5, 0.6) is 0 Å². The predicted molar refractivity (Wildman–Crippen MR) is 55.6 cm³/mol. The highest BCUT2D eigenvalue weighted by atomic mass is 16.6. The van der Waals surface area contributed by atoms with E-state index in [0.717, 1.165) is 11.1 Å². The van der Waals surface area contributed by atoms with Crippen LogP contribution in [-0.2, 0) is 0 Å². The molecule has 74 valence electrons. The fourth-order valence-corrected chi connectivity index (χ4v) is 1.32. The summed E-state index contributed by atoms with van der Waals surface area (Å²) in [5, 5.41) is 10.8. The van der Waals surface area contributed by atoms with Crippen molar-refractivity contribution in [2.24, 2.45) is 0 Å². The third kappa shape index (κ3) is 2.69. The van der Waals surface area contributed by atoms with Crippen LogP contribution in [0.1, 0.15) is 24.9 Å². The summed E-state index contributed by atoms with van der Waals surface area (Å²) in [6.07, 6.45) is 0.400. The van der Waals surface area contributed by atoms with Crippen LogP contribution in [0.3, 0.4) is 0 Å². The van der Waals surface area contributed by atoms with Gasteiger partial charge in [-0.25, -0.2) is 0 Å². The van der Waals surface area contributed by atoms with Gasteiger partial charge in [0, 0.05) is 16.9 Å². The van der Waals surface area contributed by atoms with Crippen molar-refractivity contribution in [2.45, 2.75) is 19.4 Å². The highest BCUT2D eigenvalue weighted by Crippen LogP contribution is 2.22. The van der Waals surface area contributed by atoms with Gasteiger partial charge in [0.15, 0.2) is 0 Å². The maximum absolute atomic E-state index is 10.8. The van der Waals surface area contributed by atoms with Crippen LogP contribution in [0.4, 0.5) is 0 Å². The molecule has 0 aromatic heterocycles. The van der Waals surface area contributed by atoms with Gasteiger partial charge in [-0.05, 0) is 6.92 Å². The van der Waals surface area contributed by atoms with E-state index in [1.807, 2.05) is 18.2 Å². The molecule has 1 unspecified atom stereocenters. The van der Waals surface area contributed by atoms with E-state index in [2.05, 4.69) is 6.58 Å². The number of nitrogens with zero attached hydrogens (tertiary/aromatic N) is 1. The zero-order valence-electron chi connectivity index (χ0n) is 8.14. The molecule has 0 saturated heterocycles. The van der Waals surface area contributed by atoms with Crippen molar-refractivity contribution in [2.75, 3.05) is 0 Å². The van der Waals surface area contributed by atoms with Gasteiger partial charge in [-0.1, -0.05) is 42.5 Å². The van der Waals surface area contributed by atoms with Crippen molar-refractivity contribution in [3.63, 3.8) is 0 Å². The van der Waals surface area contributed by atoms with Gasteiger partial charge in [0.1, 0.15) is 0 Å². The van der Waals surface area contributed by atoms with E-state index >= 15 is 0 Å². The van der Waals surface area contributed by atoms with Crippen LogP contribution in [0.15, 0.2) is 42.5 Å². The number of rotatable bonds is 4. The van der Waals surface area contributed by atoms with E-state index < -0.39 is 6.04 Å². The van der Waals surface area contributed by atoms with Crippen LogP contribution >= 0.6 is 0 Å². The molecule has 0 aliphatic heterocycles. The second kappa shape index (κ2) is 4.56. The molecule has 0 saturated carbocycles. The molecule has 1 aromatic rings. The molecule has 1 aromatic carbocycles. The van der Waals surface area contributed by atoms with Gasteiger partial charge in [0.2, 0.25) is 6.04 Å². The van der Waals surface area contributed by atoms with Gasteiger partial charge < -0.3 is 0 Å². The van der Waals surface area contributed by atoms with Crippen LogP contribution in [0, 0.1) is 10.1 Å². The van der Waals surface area contributed by atoms with E-state index in [1.165, 1.54) is 0 Å². The monoisotopic (exact) mass is 191 g/mol. The van der Waals surface area contributed by atoms with E-state index in [4.69, 9.17) is 0 Å². The van der Waals surface area contributed by atoms with Crippen molar-refractivity contribution in [3.8, 4) is 0 Å². The summed E-state index contributed by atoms with van der Waals surface area (Å²) in [7, 11) is 0. The number of hydrogen-bond acceptors (Lipinski definition) is 2. The van der Waals surface area contributed by atoms with Crippen LogP contribution in [0.25, 0.3) is 0 Å².